The molecule has 0 aromatic heterocycles. The van der Waals surface area contributed by atoms with E-state index in [1.54, 1.807) is 0 Å². The monoisotopic (exact) mass is 1000 g/mol. The molecular formula is C58H87AlO8P2. The van der Waals surface area contributed by atoms with Gasteiger partial charge in [0.15, 0.2) is 0 Å². The van der Waals surface area contributed by atoms with E-state index in [9.17, 15) is 0 Å². The summed E-state index contributed by atoms with van der Waals surface area (Å²) < 4.78 is 67.0. The van der Waals surface area contributed by atoms with Crippen LogP contribution in [0.25, 0.3) is 0 Å². The molecule has 2 radical (unpaired) electrons. The molecule has 0 atom stereocenters. The van der Waals surface area contributed by atoms with Crippen molar-refractivity contribution in [3.05, 3.63) is 115 Å². The molecule has 0 amide bonds. The molecule has 2 N–H and O–H groups in total. The van der Waals surface area contributed by atoms with E-state index >= 15 is 9.13 Å². The Kier molecular flexibility index (Phi) is 18.0. The maximum atomic E-state index is 16.4. The smallest absolute Gasteiger partial charge is 0.412 e. The lowest BCUT2D eigenvalue weighted by Crippen LogP contribution is -2.23. The van der Waals surface area contributed by atoms with Crippen molar-refractivity contribution in [2.75, 3.05) is 0 Å². The number of benzene rings is 4. The molecular weight excluding hydrogens is 914 g/mol. The first kappa shape index (κ1) is 58.6. The minimum Gasteiger partial charge on any atom is -0.412 e. The van der Waals surface area contributed by atoms with Crippen LogP contribution in [0.1, 0.15) is 205 Å². The minimum absolute atomic E-state index is 0. The summed E-state index contributed by atoms with van der Waals surface area (Å²) in [6, 6.07) is 17.4. The van der Waals surface area contributed by atoms with Gasteiger partial charge >= 0.3 is 15.6 Å². The molecule has 69 heavy (non-hydrogen) atoms. The summed E-state index contributed by atoms with van der Waals surface area (Å²) in [7, 11) is -10.0. The summed E-state index contributed by atoms with van der Waals surface area (Å²) in [6.45, 7) is 43.3. The molecule has 8 nitrogen and oxygen atoms in total. The van der Waals surface area contributed by atoms with Gasteiger partial charge in [-0.3, -0.25) is 0 Å². The number of phosphoric acid groups is 2. The largest absolute Gasteiger partial charge is 0.598 e. The number of hydrogen-bond acceptors (Lipinski definition) is 7. The van der Waals surface area contributed by atoms with Gasteiger partial charge in [-0.2, -0.15) is 0 Å². The van der Waals surface area contributed by atoms with Crippen molar-refractivity contribution in [1.29, 1.82) is 0 Å². The second-order valence-corrected chi connectivity index (χ2v) is 28.8. The fourth-order valence-corrected chi connectivity index (χ4v) is 13.0. The molecule has 6 rings (SSSR count). The summed E-state index contributed by atoms with van der Waals surface area (Å²) >= 11 is 0. The predicted octanol–water partition coefficient (Wildman–Crippen LogP) is 15.9. The van der Waals surface area contributed by atoms with Crippen LogP contribution < -0.4 is 18.1 Å². The molecule has 0 fully saturated rings. The average molecular weight is 1000 g/mol. The third kappa shape index (κ3) is 14.2. The van der Waals surface area contributed by atoms with Gasteiger partial charge in [-0.25, -0.2) is 9.13 Å². The van der Waals surface area contributed by atoms with Crippen molar-refractivity contribution in [3.63, 3.8) is 0 Å². The summed E-state index contributed by atoms with van der Waals surface area (Å²) in [4.78, 5) is 0. The molecule has 2 heterocycles. The highest BCUT2D eigenvalue weighted by atomic mass is 31.3. The van der Waals surface area contributed by atoms with Gasteiger partial charge in [0.25, 0.3) is 0 Å². The highest BCUT2D eigenvalue weighted by Crippen LogP contribution is 2.68. The highest BCUT2D eigenvalue weighted by molar-refractivity contribution is 7.63. The maximum Gasteiger partial charge on any atom is 0.598 e. The number of phosphoric ester groups is 2. The maximum absolute atomic E-state index is 16.4. The van der Waals surface area contributed by atoms with E-state index < -0.39 is 37.3 Å². The van der Waals surface area contributed by atoms with Gasteiger partial charge in [0.2, 0.25) is 0 Å². The Labute approximate surface area is 428 Å². The van der Waals surface area contributed by atoms with E-state index in [0.717, 1.165) is 70.2 Å². The Morgan fingerprint density at radius 3 is 0.754 bits per heavy atom. The van der Waals surface area contributed by atoms with Crippen LogP contribution in [0.2, 0.25) is 0 Å². The predicted molar refractivity (Wildman–Crippen MR) is 290 cm³/mol. The molecule has 2 aliphatic heterocycles. The lowest BCUT2D eigenvalue weighted by Gasteiger charge is -2.35. The quantitative estimate of drug-likeness (QED) is 0.115. The van der Waals surface area contributed by atoms with Crippen molar-refractivity contribution in [3.8, 4) is 23.0 Å². The van der Waals surface area contributed by atoms with Crippen LogP contribution in [0.15, 0.2) is 48.5 Å². The van der Waals surface area contributed by atoms with E-state index in [-0.39, 0.29) is 22.8 Å². The van der Waals surface area contributed by atoms with E-state index in [1.807, 2.05) is 0 Å². The Morgan fingerprint density at radius 2 is 0.594 bits per heavy atom. The number of hydrogen-bond donors (Lipinski definition) is 0. The first-order chi connectivity index (χ1) is 30.6. The summed E-state index contributed by atoms with van der Waals surface area (Å²) in [5, 5.41) is 0. The van der Waals surface area contributed by atoms with Crippen LogP contribution in [0.3, 0.4) is 0 Å². The third-order valence-electron chi connectivity index (χ3n) is 12.5. The zero-order chi connectivity index (χ0) is 50.0. The van der Waals surface area contributed by atoms with Crippen LogP contribution in [-0.4, -0.2) is 22.8 Å². The second-order valence-electron chi connectivity index (χ2n) is 25.6. The SMILES string of the molecule is CC(C)Cc1cc2c(c(C(C)(C)C)c1)OP(=O)(OP1(=O)Oc3c(cc(CC(C)C)cc3C(C)(C)C)Cc3cc(CC(C)C)cc(C(C)(C)C)c3O1)Oc1c(cc(CC(C)C)cc1C(C)(C)C)C2.O.[AlH]. The van der Waals surface area contributed by atoms with Crippen LogP contribution in [0, 0.1) is 23.7 Å². The van der Waals surface area contributed by atoms with E-state index in [2.05, 4.69) is 187 Å². The first-order valence-electron chi connectivity index (χ1n) is 25.0. The van der Waals surface area contributed by atoms with Gasteiger partial charge in [-0.1, -0.05) is 187 Å². The molecule has 0 aliphatic carbocycles. The van der Waals surface area contributed by atoms with E-state index in [4.69, 9.17) is 22.4 Å². The van der Waals surface area contributed by atoms with Gasteiger partial charge in [0.05, 0.1) is 17.4 Å². The number of rotatable bonds is 10. The normalized spacial score (nSPS) is 15.7. The zero-order valence-electron chi connectivity index (χ0n) is 46.1. The fourth-order valence-electron chi connectivity index (χ4n) is 9.65. The first-order valence-corrected chi connectivity index (χ1v) is 27.9. The molecule has 4 aromatic rings. The molecule has 0 saturated carbocycles. The van der Waals surface area contributed by atoms with Gasteiger partial charge in [-0.15, -0.1) is 4.31 Å². The van der Waals surface area contributed by atoms with Crippen molar-refractivity contribution >= 4 is 33.0 Å². The summed E-state index contributed by atoms with van der Waals surface area (Å²) in [5.41, 5.74) is 9.81. The third-order valence-corrected chi connectivity index (χ3v) is 15.7. The van der Waals surface area contributed by atoms with Crippen LogP contribution in [-0.2, 0) is 73.6 Å². The van der Waals surface area contributed by atoms with E-state index in [1.165, 1.54) is 22.3 Å². The van der Waals surface area contributed by atoms with Crippen molar-refractivity contribution in [1.82, 2.24) is 0 Å². The second kappa shape index (κ2) is 21.2. The molecule has 0 saturated heterocycles. The molecule has 380 valence electrons. The molecule has 4 aromatic carbocycles. The lowest BCUT2D eigenvalue weighted by molar-refractivity contribution is 0.235. The summed E-state index contributed by atoms with van der Waals surface area (Å²) in [6.07, 6.45) is 4.37. The van der Waals surface area contributed by atoms with Gasteiger partial charge in [0.1, 0.15) is 23.0 Å². The standard InChI is InChI=1S/C58H84O7P2.Al.H2O.H/c1-35(2)21-39-25-43-33-44-26-40(22-36(3)4)30-48(56(12,13)14)52(44)62-66(59,61-51(43)47(29-39)55(9,10)11)65-67(60)63-53-45(27-41(23-37(5)6)31-49(53)57(15,16)17)34-46-28-42(24-38(7)8)32-50(54(46)64-67)58(18,19)20;;;/h25-32,35-38H,21-24,33-34H2,1-20H3;;1H2;. The summed E-state index contributed by atoms with van der Waals surface area (Å²) in [5.74, 6) is 3.23. The number of fused-ring (bicyclic) bond motifs is 4. The Bertz CT molecular complexity index is 2240. The molecule has 11 heteroatoms. The van der Waals surface area contributed by atoms with Crippen molar-refractivity contribution in [2.24, 2.45) is 23.7 Å². The van der Waals surface area contributed by atoms with Gasteiger partial charge in [0, 0.05) is 35.1 Å². The van der Waals surface area contributed by atoms with E-state index in [0.29, 0.717) is 59.5 Å². The minimum atomic E-state index is -5.00. The molecule has 0 unspecified atom stereocenters. The van der Waals surface area contributed by atoms with Crippen LogP contribution in [0.4, 0.5) is 0 Å². The Hall–Kier alpha value is -3.01. The lowest BCUT2D eigenvalue weighted by atomic mass is 9.80. The van der Waals surface area contributed by atoms with Crippen molar-refractivity contribution < 1.29 is 37.0 Å². The Balaban J connectivity index is 0.00000518. The topological polar surface area (TPSA) is 112 Å². The fraction of sp³-hybridized carbons (Fsp3) is 0.586. The Morgan fingerprint density at radius 1 is 0.406 bits per heavy atom. The van der Waals surface area contributed by atoms with Crippen LogP contribution in [0.5, 0.6) is 23.0 Å². The highest BCUT2D eigenvalue weighted by Gasteiger charge is 2.51. The molecule has 0 bridgehead atoms. The van der Waals surface area contributed by atoms with Crippen LogP contribution >= 0.6 is 15.6 Å². The molecule has 0 spiro atoms. The van der Waals surface area contributed by atoms with Gasteiger partial charge < -0.3 is 23.6 Å². The average Bonchev–Trinajstić information content (AvgIpc) is 3.11. The zero-order valence-corrected chi connectivity index (χ0v) is 49.3. The molecule has 2 aliphatic rings. The van der Waals surface area contributed by atoms with Gasteiger partial charge in [-0.05, 0) is 116 Å². The van der Waals surface area contributed by atoms with Crippen molar-refractivity contribution in [2.45, 2.75) is 199 Å².